The second kappa shape index (κ2) is 4.94. The van der Waals surface area contributed by atoms with E-state index in [9.17, 15) is 4.79 Å². The number of carbonyl (C=O) groups excluding carboxylic acids is 1. The lowest BCUT2D eigenvalue weighted by molar-refractivity contribution is -0.124. The Morgan fingerprint density at radius 2 is 2.05 bits per heavy atom. The molecule has 0 aromatic heterocycles. The molecule has 3 rings (SSSR count). The van der Waals surface area contributed by atoms with Gasteiger partial charge in [0.15, 0.2) is 0 Å². The van der Waals surface area contributed by atoms with Crippen LogP contribution in [-0.2, 0) is 11.2 Å². The number of aliphatic hydroxyl groups is 2. The van der Waals surface area contributed by atoms with Crippen molar-refractivity contribution in [3.05, 3.63) is 35.4 Å². The van der Waals surface area contributed by atoms with E-state index >= 15 is 0 Å². The van der Waals surface area contributed by atoms with Crippen molar-refractivity contribution >= 4 is 5.91 Å². The molecule has 19 heavy (non-hydrogen) atoms. The Morgan fingerprint density at radius 3 is 2.79 bits per heavy atom. The van der Waals surface area contributed by atoms with Gasteiger partial charge in [-0.15, -0.1) is 0 Å². The van der Waals surface area contributed by atoms with Crippen LogP contribution in [0, 0.1) is 11.8 Å². The van der Waals surface area contributed by atoms with E-state index in [1.165, 1.54) is 11.1 Å². The maximum atomic E-state index is 12.2. The van der Waals surface area contributed by atoms with E-state index in [0.717, 1.165) is 12.8 Å². The van der Waals surface area contributed by atoms with Gasteiger partial charge in [-0.1, -0.05) is 24.3 Å². The van der Waals surface area contributed by atoms with Gasteiger partial charge in [0.05, 0.1) is 19.3 Å². The monoisotopic (exact) mass is 261 g/mol. The zero-order valence-corrected chi connectivity index (χ0v) is 10.7. The Morgan fingerprint density at radius 1 is 1.32 bits per heavy atom. The van der Waals surface area contributed by atoms with E-state index in [0.29, 0.717) is 11.8 Å². The lowest BCUT2D eigenvalue weighted by Gasteiger charge is -2.13. The highest BCUT2D eigenvalue weighted by Gasteiger charge is 2.57. The van der Waals surface area contributed by atoms with Crippen LogP contribution in [0.3, 0.4) is 0 Å². The molecule has 1 aromatic rings. The Kier molecular flexibility index (Phi) is 3.29. The molecule has 2 aliphatic rings. The van der Waals surface area contributed by atoms with Crippen LogP contribution in [-0.4, -0.2) is 35.4 Å². The molecule has 1 aromatic carbocycles. The summed E-state index contributed by atoms with van der Waals surface area (Å²) >= 11 is 0. The van der Waals surface area contributed by atoms with Crippen molar-refractivity contribution in [1.82, 2.24) is 5.32 Å². The van der Waals surface area contributed by atoms with Gasteiger partial charge in [0.25, 0.3) is 0 Å². The van der Waals surface area contributed by atoms with Crippen molar-refractivity contribution in [2.75, 3.05) is 13.2 Å². The highest BCUT2D eigenvalue weighted by molar-refractivity contribution is 5.84. The fourth-order valence-electron chi connectivity index (χ4n) is 3.37. The third-order valence-electron chi connectivity index (χ3n) is 4.42. The number of hydrogen-bond donors (Lipinski definition) is 3. The number of nitrogens with one attached hydrogen (secondary N) is 1. The summed E-state index contributed by atoms with van der Waals surface area (Å²) in [7, 11) is 0. The molecular formula is C15H19NO3. The summed E-state index contributed by atoms with van der Waals surface area (Å²) in [6.07, 6.45) is 2.10. The van der Waals surface area contributed by atoms with Crippen molar-refractivity contribution in [2.24, 2.45) is 11.8 Å². The molecule has 0 spiro atoms. The first-order valence-electron chi connectivity index (χ1n) is 6.86. The number of aliphatic hydroxyl groups excluding tert-OH is 2. The van der Waals surface area contributed by atoms with Crippen LogP contribution in [0.25, 0.3) is 0 Å². The van der Waals surface area contributed by atoms with Crippen LogP contribution in [0.4, 0.5) is 0 Å². The molecule has 3 N–H and O–H groups in total. The first-order chi connectivity index (χ1) is 9.26. The molecule has 0 bridgehead atoms. The molecular weight excluding hydrogens is 242 g/mol. The fraction of sp³-hybridized carbons (Fsp3) is 0.533. The van der Waals surface area contributed by atoms with Gasteiger partial charge in [-0.05, 0) is 35.8 Å². The molecule has 4 nitrogen and oxygen atoms in total. The number of carbonyl (C=O) groups is 1. The molecule has 2 aliphatic carbocycles. The summed E-state index contributed by atoms with van der Waals surface area (Å²) in [4.78, 5) is 12.2. The van der Waals surface area contributed by atoms with Gasteiger partial charge in [0.2, 0.25) is 5.91 Å². The topological polar surface area (TPSA) is 69.6 Å². The molecule has 1 amide bonds. The SMILES string of the molecule is O=C(NC(CO)CO)C1C2CCc3ccccc3C21. The zero-order chi connectivity index (χ0) is 13.4. The van der Waals surface area contributed by atoms with E-state index in [4.69, 9.17) is 10.2 Å². The highest BCUT2D eigenvalue weighted by atomic mass is 16.3. The Balaban J connectivity index is 1.72. The number of amides is 1. The lowest BCUT2D eigenvalue weighted by Crippen LogP contribution is -2.41. The summed E-state index contributed by atoms with van der Waals surface area (Å²) in [5.74, 6) is 0.764. The molecule has 0 aliphatic heterocycles. The van der Waals surface area contributed by atoms with Crippen molar-refractivity contribution in [3.8, 4) is 0 Å². The minimum absolute atomic E-state index is 0.0178. The summed E-state index contributed by atoms with van der Waals surface area (Å²) in [6, 6.07) is 7.80. The summed E-state index contributed by atoms with van der Waals surface area (Å²) in [6.45, 7) is -0.443. The predicted molar refractivity (Wildman–Crippen MR) is 70.6 cm³/mol. The minimum Gasteiger partial charge on any atom is -0.394 e. The fourth-order valence-corrected chi connectivity index (χ4v) is 3.37. The van der Waals surface area contributed by atoms with Crippen LogP contribution in [0.15, 0.2) is 24.3 Å². The van der Waals surface area contributed by atoms with Crippen molar-refractivity contribution in [2.45, 2.75) is 24.8 Å². The number of rotatable bonds is 4. The standard InChI is InChI=1S/C15H19NO3/c17-7-10(8-18)16-15(19)14-12-6-5-9-3-1-2-4-11(9)13(12)14/h1-4,10,12-14,17-18H,5-8H2,(H,16,19). The first-order valence-corrected chi connectivity index (χ1v) is 6.86. The molecule has 0 saturated heterocycles. The third kappa shape index (κ3) is 2.15. The molecule has 1 fully saturated rings. The van der Waals surface area contributed by atoms with Crippen molar-refractivity contribution < 1.29 is 15.0 Å². The van der Waals surface area contributed by atoms with E-state index < -0.39 is 6.04 Å². The molecule has 3 unspecified atom stereocenters. The second-order valence-corrected chi connectivity index (χ2v) is 5.52. The van der Waals surface area contributed by atoms with Crippen LogP contribution in [0.5, 0.6) is 0 Å². The zero-order valence-electron chi connectivity index (χ0n) is 10.7. The average Bonchev–Trinajstić information content (AvgIpc) is 3.19. The number of benzene rings is 1. The van der Waals surface area contributed by atoms with Crippen molar-refractivity contribution in [3.63, 3.8) is 0 Å². The van der Waals surface area contributed by atoms with Gasteiger partial charge < -0.3 is 15.5 Å². The minimum atomic E-state index is -0.537. The van der Waals surface area contributed by atoms with Gasteiger partial charge in [0.1, 0.15) is 0 Å². The maximum absolute atomic E-state index is 12.2. The lowest BCUT2D eigenvalue weighted by atomic mass is 9.92. The summed E-state index contributed by atoms with van der Waals surface area (Å²) < 4.78 is 0. The Hall–Kier alpha value is -1.39. The number of aryl methyl sites for hydroxylation is 1. The van der Waals surface area contributed by atoms with Gasteiger partial charge in [-0.3, -0.25) is 4.79 Å². The highest BCUT2D eigenvalue weighted by Crippen LogP contribution is 2.59. The smallest absolute Gasteiger partial charge is 0.224 e. The van der Waals surface area contributed by atoms with Crippen LogP contribution in [0.2, 0.25) is 0 Å². The maximum Gasteiger partial charge on any atom is 0.224 e. The quantitative estimate of drug-likeness (QED) is 0.736. The van der Waals surface area contributed by atoms with Gasteiger partial charge >= 0.3 is 0 Å². The van der Waals surface area contributed by atoms with E-state index in [1.54, 1.807) is 0 Å². The first kappa shape index (κ1) is 12.6. The van der Waals surface area contributed by atoms with Crippen LogP contribution in [0.1, 0.15) is 23.5 Å². The van der Waals surface area contributed by atoms with Crippen molar-refractivity contribution in [1.29, 1.82) is 0 Å². The largest absolute Gasteiger partial charge is 0.394 e. The molecule has 3 atom stereocenters. The average molecular weight is 261 g/mol. The number of hydrogen-bond acceptors (Lipinski definition) is 3. The molecule has 4 heteroatoms. The van der Waals surface area contributed by atoms with Gasteiger partial charge in [-0.2, -0.15) is 0 Å². The predicted octanol–water partition coefficient (Wildman–Crippen LogP) is 0.432. The van der Waals surface area contributed by atoms with E-state index in [2.05, 4.69) is 17.4 Å². The molecule has 0 heterocycles. The molecule has 102 valence electrons. The molecule has 0 radical (unpaired) electrons. The van der Waals surface area contributed by atoms with E-state index in [1.807, 2.05) is 12.1 Å². The van der Waals surface area contributed by atoms with Gasteiger partial charge in [0, 0.05) is 5.92 Å². The van der Waals surface area contributed by atoms with E-state index in [-0.39, 0.29) is 25.0 Å². The second-order valence-electron chi connectivity index (χ2n) is 5.52. The van der Waals surface area contributed by atoms with Crippen LogP contribution >= 0.6 is 0 Å². The summed E-state index contributed by atoms with van der Waals surface area (Å²) in [5, 5.41) is 20.8. The Bertz CT molecular complexity index is 484. The number of fused-ring (bicyclic) bond motifs is 3. The van der Waals surface area contributed by atoms with Gasteiger partial charge in [-0.25, -0.2) is 0 Å². The normalized spacial score (nSPS) is 27.6. The summed E-state index contributed by atoms with van der Waals surface area (Å²) in [5.41, 5.74) is 2.67. The molecule has 1 saturated carbocycles. The Labute approximate surface area is 112 Å². The third-order valence-corrected chi connectivity index (χ3v) is 4.42. The van der Waals surface area contributed by atoms with Crippen LogP contribution < -0.4 is 5.32 Å².